The minimum atomic E-state index is 0.346. The molecule has 0 radical (unpaired) electrons. The highest BCUT2D eigenvalue weighted by Crippen LogP contribution is 2.62. The van der Waals surface area contributed by atoms with Gasteiger partial charge in [0.25, 0.3) is 0 Å². The van der Waals surface area contributed by atoms with E-state index in [0.29, 0.717) is 16.0 Å². The van der Waals surface area contributed by atoms with Gasteiger partial charge in [-0.2, -0.15) is 0 Å². The zero-order chi connectivity index (χ0) is 18.4. The molecular weight excluding hydrogens is 307 g/mol. The molecule has 0 aromatic carbocycles. The molecule has 1 fully saturated rings. The summed E-state index contributed by atoms with van der Waals surface area (Å²) in [6, 6.07) is 0. The predicted molar refractivity (Wildman–Crippen MR) is 115 cm³/mol. The number of hydrogen-bond donors (Lipinski definition) is 0. The summed E-state index contributed by atoms with van der Waals surface area (Å²) in [7, 11) is 3.35. The third-order valence-corrected chi connectivity index (χ3v) is 9.07. The predicted octanol–water partition coefficient (Wildman–Crippen LogP) is 8.25. The summed E-state index contributed by atoms with van der Waals surface area (Å²) in [5.41, 5.74) is 0.692. The van der Waals surface area contributed by atoms with Gasteiger partial charge in [0.15, 0.2) is 0 Å². The van der Waals surface area contributed by atoms with E-state index < -0.39 is 0 Å². The third-order valence-electron chi connectivity index (χ3n) is 6.91. The Labute approximate surface area is 156 Å². The van der Waals surface area contributed by atoms with E-state index in [2.05, 4.69) is 57.7 Å². The minimum Gasteiger partial charge on any atom is -0.130 e. The quantitative estimate of drug-likeness (QED) is 0.273. The van der Waals surface area contributed by atoms with Crippen LogP contribution < -0.4 is 0 Å². The SMILES string of the molecule is CCCCCCCCCCC1CCC1C(P)(C(C)(C)C)C(C)(C)C. The molecule has 0 aromatic rings. The van der Waals surface area contributed by atoms with Crippen molar-refractivity contribution in [1.29, 1.82) is 0 Å². The topological polar surface area (TPSA) is 0 Å². The summed E-state index contributed by atoms with van der Waals surface area (Å²) in [5, 5.41) is 0.350. The van der Waals surface area contributed by atoms with Crippen LogP contribution in [-0.4, -0.2) is 5.16 Å². The van der Waals surface area contributed by atoms with E-state index in [1.807, 2.05) is 0 Å². The van der Waals surface area contributed by atoms with Crippen LogP contribution >= 0.6 is 9.24 Å². The van der Waals surface area contributed by atoms with E-state index in [1.54, 1.807) is 0 Å². The minimum absolute atomic E-state index is 0.346. The van der Waals surface area contributed by atoms with E-state index in [4.69, 9.17) is 0 Å². The molecule has 144 valence electrons. The van der Waals surface area contributed by atoms with E-state index in [9.17, 15) is 0 Å². The fraction of sp³-hybridized carbons (Fsp3) is 1.00. The molecule has 3 unspecified atom stereocenters. The van der Waals surface area contributed by atoms with Crippen LogP contribution in [0.1, 0.15) is 119 Å². The van der Waals surface area contributed by atoms with Gasteiger partial charge in [0.2, 0.25) is 0 Å². The lowest BCUT2D eigenvalue weighted by Crippen LogP contribution is -2.58. The molecule has 1 aliphatic rings. The highest BCUT2D eigenvalue weighted by Gasteiger charge is 2.56. The Bertz CT molecular complexity index is 330. The number of hydrogen-bond acceptors (Lipinski definition) is 0. The average molecular weight is 355 g/mol. The molecule has 24 heavy (non-hydrogen) atoms. The molecule has 0 aliphatic heterocycles. The Morgan fingerprint density at radius 2 is 1.17 bits per heavy atom. The molecule has 0 nitrogen and oxygen atoms in total. The second-order valence-electron chi connectivity index (χ2n) is 10.6. The molecule has 1 rings (SSSR count). The van der Waals surface area contributed by atoms with Crippen molar-refractivity contribution in [3.8, 4) is 0 Å². The van der Waals surface area contributed by atoms with Crippen molar-refractivity contribution in [3.05, 3.63) is 0 Å². The summed E-state index contributed by atoms with van der Waals surface area (Å²) >= 11 is 0. The molecule has 0 bridgehead atoms. The van der Waals surface area contributed by atoms with Crippen molar-refractivity contribution >= 4 is 9.24 Å². The van der Waals surface area contributed by atoms with Gasteiger partial charge in [-0.15, -0.1) is 9.24 Å². The van der Waals surface area contributed by atoms with Crippen LogP contribution in [0.3, 0.4) is 0 Å². The summed E-state index contributed by atoms with van der Waals surface area (Å²) < 4.78 is 0. The van der Waals surface area contributed by atoms with Crippen molar-refractivity contribution in [3.63, 3.8) is 0 Å². The Kier molecular flexibility index (Phi) is 8.79. The molecule has 1 saturated carbocycles. The lowest BCUT2D eigenvalue weighted by atomic mass is 9.51. The summed E-state index contributed by atoms with van der Waals surface area (Å²) in [6.45, 7) is 17.0. The second-order valence-corrected chi connectivity index (χ2v) is 11.5. The molecular formula is C23H47P. The van der Waals surface area contributed by atoms with E-state index in [1.165, 1.54) is 70.6 Å². The lowest BCUT2D eigenvalue weighted by molar-refractivity contribution is -0.00683. The zero-order valence-corrected chi connectivity index (χ0v) is 19.2. The van der Waals surface area contributed by atoms with Crippen molar-refractivity contribution < 1.29 is 0 Å². The van der Waals surface area contributed by atoms with Gasteiger partial charge in [0, 0.05) is 0 Å². The van der Waals surface area contributed by atoms with Gasteiger partial charge in [-0.05, 0) is 40.7 Å². The zero-order valence-electron chi connectivity index (χ0n) is 18.0. The largest absolute Gasteiger partial charge is 0.130 e. The first-order valence-electron chi connectivity index (χ1n) is 10.8. The van der Waals surface area contributed by atoms with Gasteiger partial charge in [0.05, 0.1) is 0 Å². The molecule has 1 aliphatic carbocycles. The Morgan fingerprint density at radius 1 is 0.708 bits per heavy atom. The highest BCUT2D eigenvalue weighted by atomic mass is 31.0. The van der Waals surface area contributed by atoms with Crippen LogP contribution in [0.5, 0.6) is 0 Å². The van der Waals surface area contributed by atoms with Gasteiger partial charge in [-0.1, -0.05) is 106 Å². The molecule has 0 aromatic heterocycles. The number of unbranched alkanes of at least 4 members (excludes halogenated alkanes) is 7. The third kappa shape index (κ3) is 5.46. The van der Waals surface area contributed by atoms with Crippen LogP contribution in [0, 0.1) is 22.7 Å². The number of rotatable bonds is 10. The fourth-order valence-electron chi connectivity index (χ4n) is 5.29. The molecule has 0 amide bonds. The first-order chi connectivity index (χ1) is 11.1. The molecule has 0 N–H and O–H groups in total. The maximum atomic E-state index is 3.35. The normalized spacial score (nSPS) is 22.5. The van der Waals surface area contributed by atoms with E-state index in [0.717, 1.165) is 11.8 Å². The average Bonchev–Trinajstić information content (AvgIpc) is 2.41. The van der Waals surface area contributed by atoms with Crippen molar-refractivity contribution in [2.45, 2.75) is 124 Å². The van der Waals surface area contributed by atoms with Crippen molar-refractivity contribution in [1.82, 2.24) is 0 Å². The van der Waals surface area contributed by atoms with Crippen LogP contribution in [0.2, 0.25) is 0 Å². The van der Waals surface area contributed by atoms with E-state index >= 15 is 0 Å². The van der Waals surface area contributed by atoms with Gasteiger partial charge < -0.3 is 0 Å². The molecule has 0 heterocycles. The van der Waals surface area contributed by atoms with Crippen LogP contribution in [0.15, 0.2) is 0 Å². The molecule has 0 saturated heterocycles. The van der Waals surface area contributed by atoms with Crippen LogP contribution in [0.25, 0.3) is 0 Å². The van der Waals surface area contributed by atoms with Gasteiger partial charge in [-0.3, -0.25) is 0 Å². The van der Waals surface area contributed by atoms with Crippen molar-refractivity contribution in [2.75, 3.05) is 0 Å². The standard InChI is InChI=1S/C23H47P/c1-8-9-10-11-12-13-14-15-16-19-17-18-20(19)23(24,21(2,3)4)22(5,6)7/h19-20H,8-18,24H2,1-7H3. The molecule has 1 heteroatoms. The van der Waals surface area contributed by atoms with E-state index in [-0.39, 0.29) is 0 Å². The second kappa shape index (κ2) is 9.39. The summed E-state index contributed by atoms with van der Waals surface area (Å²) in [4.78, 5) is 0. The summed E-state index contributed by atoms with van der Waals surface area (Å²) in [6.07, 6.45) is 16.0. The van der Waals surface area contributed by atoms with Gasteiger partial charge in [-0.25, -0.2) is 0 Å². The van der Waals surface area contributed by atoms with Crippen LogP contribution in [0.4, 0.5) is 0 Å². The first-order valence-corrected chi connectivity index (χ1v) is 11.4. The Morgan fingerprint density at radius 3 is 1.54 bits per heavy atom. The summed E-state index contributed by atoms with van der Waals surface area (Å²) in [5.74, 6) is 1.87. The fourth-order valence-corrected chi connectivity index (χ4v) is 5.73. The smallest absolute Gasteiger partial charge is 0.00229 e. The maximum Gasteiger partial charge on any atom is -0.00229 e. The molecule has 3 atom stereocenters. The lowest BCUT2D eigenvalue weighted by Gasteiger charge is -2.61. The highest BCUT2D eigenvalue weighted by molar-refractivity contribution is 7.19. The monoisotopic (exact) mass is 354 g/mol. The molecule has 0 spiro atoms. The Hall–Kier alpha value is 0.430. The van der Waals surface area contributed by atoms with Crippen LogP contribution in [-0.2, 0) is 0 Å². The van der Waals surface area contributed by atoms with Crippen molar-refractivity contribution in [2.24, 2.45) is 22.7 Å². The first kappa shape index (κ1) is 22.5. The maximum absolute atomic E-state index is 3.35. The van der Waals surface area contributed by atoms with Gasteiger partial charge in [0.1, 0.15) is 0 Å². The Balaban J connectivity index is 2.41. The van der Waals surface area contributed by atoms with Gasteiger partial charge >= 0.3 is 0 Å².